The van der Waals surface area contributed by atoms with Crippen LogP contribution in [0, 0.1) is 5.82 Å². The number of halogens is 4. The van der Waals surface area contributed by atoms with Crippen LogP contribution in [0.1, 0.15) is 11.1 Å². The van der Waals surface area contributed by atoms with Crippen LogP contribution >= 0.6 is 0 Å². The van der Waals surface area contributed by atoms with Crippen LogP contribution in [-0.2, 0) is 12.8 Å². The Kier molecular flexibility index (Phi) is 3.83. The third-order valence-corrected chi connectivity index (χ3v) is 2.68. The predicted octanol–water partition coefficient (Wildman–Crippen LogP) is 4.01. The van der Waals surface area contributed by atoms with Gasteiger partial charge in [-0.2, -0.15) is 13.2 Å². The Morgan fingerprint density at radius 2 is 1.75 bits per heavy atom. The summed E-state index contributed by atoms with van der Waals surface area (Å²) in [7, 11) is 0. The highest BCUT2D eigenvalue weighted by molar-refractivity contribution is 5.46. The minimum atomic E-state index is -4.51. The zero-order chi connectivity index (χ0) is 14.8. The molecule has 0 aliphatic rings. The zero-order valence-corrected chi connectivity index (χ0v) is 10.2. The van der Waals surface area contributed by atoms with E-state index in [1.54, 1.807) is 0 Å². The minimum Gasteiger partial charge on any atom is -0.488 e. The second-order valence-electron chi connectivity index (χ2n) is 4.13. The van der Waals surface area contributed by atoms with Gasteiger partial charge < -0.3 is 10.5 Å². The lowest BCUT2D eigenvalue weighted by Gasteiger charge is -2.14. The molecule has 0 fully saturated rings. The Hall–Kier alpha value is -2.24. The number of alkyl halides is 3. The standard InChI is InChI=1S/C14H11F4NO/c15-10-5-6-12(19)9(7-10)8-20-13-4-2-1-3-11(13)14(16,17)18/h1-7H,8,19H2. The van der Waals surface area contributed by atoms with E-state index in [-0.39, 0.29) is 18.0 Å². The van der Waals surface area contributed by atoms with Gasteiger partial charge in [0.25, 0.3) is 0 Å². The molecule has 20 heavy (non-hydrogen) atoms. The van der Waals surface area contributed by atoms with Gasteiger partial charge in [-0.25, -0.2) is 4.39 Å². The van der Waals surface area contributed by atoms with E-state index in [9.17, 15) is 17.6 Å². The van der Waals surface area contributed by atoms with Crippen LogP contribution in [0.4, 0.5) is 23.2 Å². The molecule has 0 amide bonds. The number of benzene rings is 2. The van der Waals surface area contributed by atoms with Gasteiger partial charge in [0.05, 0.1) is 5.56 Å². The van der Waals surface area contributed by atoms with Gasteiger partial charge in [0.1, 0.15) is 18.2 Å². The highest BCUT2D eigenvalue weighted by Gasteiger charge is 2.34. The summed E-state index contributed by atoms with van der Waals surface area (Å²) in [5, 5.41) is 0. The van der Waals surface area contributed by atoms with Crippen molar-refractivity contribution >= 4 is 5.69 Å². The van der Waals surface area contributed by atoms with Crippen molar-refractivity contribution in [1.29, 1.82) is 0 Å². The van der Waals surface area contributed by atoms with Crippen molar-refractivity contribution in [3.63, 3.8) is 0 Å². The molecule has 0 heterocycles. The van der Waals surface area contributed by atoms with Crippen LogP contribution in [0.5, 0.6) is 5.75 Å². The molecule has 2 aromatic rings. The summed E-state index contributed by atoms with van der Waals surface area (Å²) in [5.41, 5.74) is 5.28. The number of nitrogens with two attached hydrogens (primary N) is 1. The molecule has 2 N–H and O–H groups in total. The monoisotopic (exact) mass is 285 g/mol. The average molecular weight is 285 g/mol. The maximum atomic E-state index is 13.1. The van der Waals surface area contributed by atoms with Gasteiger partial charge in [-0.3, -0.25) is 0 Å². The van der Waals surface area contributed by atoms with Crippen LogP contribution in [0.3, 0.4) is 0 Å². The van der Waals surface area contributed by atoms with Gasteiger partial charge in [-0.05, 0) is 30.3 Å². The normalized spacial score (nSPS) is 11.4. The maximum Gasteiger partial charge on any atom is 0.419 e. The lowest BCUT2D eigenvalue weighted by Crippen LogP contribution is -2.09. The Morgan fingerprint density at radius 3 is 2.45 bits per heavy atom. The van der Waals surface area contributed by atoms with Gasteiger partial charge in [-0.1, -0.05) is 12.1 Å². The van der Waals surface area contributed by atoms with E-state index in [4.69, 9.17) is 10.5 Å². The third kappa shape index (κ3) is 3.20. The van der Waals surface area contributed by atoms with Gasteiger partial charge in [0, 0.05) is 11.3 Å². The fourth-order valence-corrected chi connectivity index (χ4v) is 1.68. The molecular weight excluding hydrogens is 274 g/mol. The van der Waals surface area contributed by atoms with E-state index < -0.39 is 17.6 Å². The van der Waals surface area contributed by atoms with Crippen LogP contribution in [-0.4, -0.2) is 0 Å². The Bertz CT molecular complexity index is 610. The van der Waals surface area contributed by atoms with E-state index in [1.807, 2.05) is 0 Å². The second-order valence-corrected chi connectivity index (χ2v) is 4.13. The molecular formula is C14H11F4NO. The molecule has 0 saturated heterocycles. The Labute approximate surface area is 112 Å². The first kappa shape index (κ1) is 14.2. The number of hydrogen-bond donors (Lipinski definition) is 1. The quantitative estimate of drug-likeness (QED) is 0.683. The van der Waals surface area contributed by atoms with Gasteiger partial charge in [-0.15, -0.1) is 0 Å². The molecule has 0 saturated carbocycles. The van der Waals surface area contributed by atoms with E-state index in [0.29, 0.717) is 5.56 Å². The predicted molar refractivity (Wildman–Crippen MR) is 66.6 cm³/mol. The number of anilines is 1. The first-order valence-corrected chi connectivity index (χ1v) is 5.71. The highest BCUT2D eigenvalue weighted by Crippen LogP contribution is 2.36. The maximum absolute atomic E-state index is 13.1. The molecule has 0 radical (unpaired) electrons. The molecule has 0 spiro atoms. The summed E-state index contributed by atoms with van der Waals surface area (Å²) >= 11 is 0. The highest BCUT2D eigenvalue weighted by atomic mass is 19.4. The van der Waals surface area contributed by atoms with Gasteiger partial charge in [0.2, 0.25) is 0 Å². The number of nitrogen functional groups attached to an aromatic ring is 1. The smallest absolute Gasteiger partial charge is 0.419 e. The third-order valence-electron chi connectivity index (χ3n) is 2.68. The number of rotatable bonds is 3. The summed E-state index contributed by atoms with van der Waals surface area (Å²) in [6, 6.07) is 8.46. The Morgan fingerprint density at radius 1 is 1.05 bits per heavy atom. The number of para-hydroxylation sites is 1. The topological polar surface area (TPSA) is 35.2 Å². The fraction of sp³-hybridized carbons (Fsp3) is 0.143. The van der Waals surface area contributed by atoms with Crippen LogP contribution < -0.4 is 10.5 Å². The summed E-state index contributed by atoms with van der Waals surface area (Å²) in [5.74, 6) is -0.842. The van der Waals surface area contributed by atoms with Crippen molar-refractivity contribution in [1.82, 2.24) is 0 Å². The Balaban J connectivity index is 2.21. The molecule has 0 aliphatic heterocycles. The summed E-state index contributed by atoms with van der Waals surface area (Å²) in [6.45, 7) is -0.239. The van der Waals surface area contributed by atoms with Crippen molar-refractivity contribution in [3.8, 4) is 5.75 Å². The van der Waals surface area contributed by atoms with E-state index in [1.165, 1.54) is 30.3 Å². The largest absolute Gasteiger partial charge is 0.488 e. The van der Waals surface area contributed by atoms with Crippen molar-refractivity contribution < 1.29 is 22.3 Å². The summed E-state index contributed by atoms with van der Waals surface area (Å²) in [6.07, 6.45) is -4.51. The first-order valence-electron chi connectivity index (χ1n) is 5.71. The molecule has 0 unspecified atom stereocenters. The SMILES string of the molecule is Nc1ccc(F)cc1COc1ccccc1C(F)(F)F. The van der Waals surface area contributed by atoms with E-state index >= 15 is 0 Å². The fourth-order valence-electron chi connectivity index (χ4n) is 1.68. The average Bonchev–Trinajstić information content (AvgIpc) is 2.39. The molecule has 0 aromatic heterocycles. The first-order chi connectivity index (χ1) is 9.38. The van der Waals surface area contributed by atoms with Crippen LogP contribution in [0.15, 0.2) is 42.5 Å². The molecule has 6 heteroatoms. The molecule has 2 nitrogen and oxygen atoms in total. The van der Waals surface area contributed by atoms with Crippen LogP contribution in [0.2, 0.25) is 0 Å². The van der Waals surface area contributed by atoms with E-state index in [2.05, 4.69) is 0 Å². The summed E-state index contributed by atoms with van der Waals surface area (Å²) < 4.78 is 56.4. The molecule has 106 valence electrons. The van der Waals surface area contributed by atoms with E-state index in [0.717, 1.165) is 12.1 Å². The minimum absolute atomic E-state index is 0.239. The lowest BCUT2D eigenvalue weighted by atomic mass is 10.1. The number of ether oxygens (including phenoxy) is 1. The van der Waals surface area contributed by atoms with Crippen molar-refractivity contribution in [2.45, 2.75) is 12.8 Å². The van der Waals surface area contributed by atoms with Gasteiger partial charge >= 0.3 is 6.18 Å². The van der Waals surface area contributed by atoms with Crippen LogP contribution in [0.25, 0.3) is 0 Å². The summed E-state index contributed by atoms with van der Waals surface area (Å²) in [4.78, 5) is 0. The molecule has 0 aliphatic carbocycles. The van der Waals surface area contributed by atoms with Gasteiger partial charge in [0.15, 0.2) is 0 Å². The molecule has 0 atom stereocenters. The molecule has 2 rings (SSSR count). The zero-order valence-electron chi connectivity index (χ0n) is 10.2. The molecule has 0 bridgehead atoms. The lowest BCUT2D eigenvalue weighted by molar-refractivity contribution is -0.139. The van der Waals surface area contributed by atoms with Crippen molar-refractivity contribution in [3.05, 3.63) is 59.4 Å². The second kappa shape index (κ2) is 5.40. The number of hydrogen-bond acceptors (Lipinski definition) is 2. The van der Waals surface area contributed by atoms with Crippen molar-refractivity contribution in [2.75, 3.05) is 5.73 Å². The molecule has 2 aromatic carbocycles. The van der Waals surface area contributed by atoms with Crippen molar-refractivity contribution in [2.24, 2.45) is 0 Å².